The maximum absolute atomic E-state index is 6.16. The van der Waals surface area contributed by atoms with Gasteiger partial charge >= 0.3 is 0 Å². The van der Waals surface area contributed by atoms with Crippen molar-refractivity contribution in [2.45, 2.75) is 52.9 Å². The van der Waals surface area contributed by atoms with Crippen molar-refractivity contribution in [3.05, 3.63) is 34.3 Å². The van der Waals surface area contributed by atoms with Crippen LogP contribution in [0.1, 0.15) is 52.0 Å². The molecule has 0 aromatic heterocycles. The Bertz CT molecular complexity index is 422. The summed E-state index contributed by atoms with van der Waals surface area (Å²) in [6.45, 7) is 7.95. The zero-order chi connectivity index (χ0) is 14.8. The van der Waals surface area contributed by atoms with Crippen molar-refractivity contribution < 1.29 is 0 Å². The molecule has 1 saturated carbocycles. The van der Waals surface area contributed by atoms with Gasteiger partial charge in [-0.15, -0.1) is 0 Å². The van der Waals surface area contributed by atoms with E-state index in [1.807, 2.05) is 0 Å². The smallest absolute Gasteiger partial charge is 0.0175 e. The minimum atomic E-state index is 0.329. The summed E-state index contributed by atoms with van der Waals surface area (Å²) in [6.07, 6.45) is 6.35. The molecule has 2 rings (SSSR count). The first kappa shape index (κ1) is 16.0. The topological polar surface area (TPSA) is 26.0 Å². The number of rotatable bonds is 3. The first-order chi connectivity index (χ1) is 9.35. The molecule has 1 fully saturated rings. The molecule has 0 spiro atoms. The molecule has 0 bridgehead atoms. The quantitative estimate of drug-likeness (QED) is 0.808. The van der Waals surface area contributed by atoms with E-state index in [2.05, 4.69) is 61.0 Å². The Morgan fingerprint density at radius 2 is 1.70 bits per heavy atom. The van der Waals surface area contributed by atoms with Crippen molar-refractivity contribution in [3.8, 4) is 0 Å². The summed E-state index contributed by atoms with van der Waals surface area (Å²) in [7, 11) is 0. The first-order valence-corrected chi connectivity index (χ1v) is 8.58. The van der Waals surface area contributed by atoms with E-state index in [1.165, 1.54) is 31.2 Å². The number of nitrogens with two attached hydrogens (primary N) is 1. The molecule has 0 aliphatic heterocycles. The average Bonchev–Trinajstić information content (AvgIpc) is 2.41. The highest BCUT2D eigenvalue weighted by Crippen LogP contribution is 2.46. The Morgan fingerprint density at radius 1 is 1.15 bits per heavy atom. The Kier molecular flexibility index (Phi) is 4.96. The van der Waals surface area contributed by atoms with Crippen molar-refractivity contribution in [2.75, 3.05) is 6.54 Å². The van der Waals surface area contributed by atoms with Crippen LogP contribution < -0.4 is 5.73 Å². The van der Waals surface area contributed by atoms with Gasteiger partial charge in [0.25, 0.3) is 0 Å². The third kappa shape index (κ3) is 3.85. The minimum Gasteiger partial charge on any atom is -0.330 e. The summed E-state index contributed by atoms with van der Waals surface area (Å²) < 4.78 is 1.15. The second-order valence-corrected chi connectivity index (χ2v) is 8.56. The average molecular weight is 338 g/mol. The second-order valence-electron chi connectivity index (χ2n) is 7.65. The van der Waals surface area contributed by atoms with Gasteiger partial charge in [-0.3, -0.25) is 0 Å². The number of hydrogen-bond donors (Lipinski definition) is 1. The lowest BCUT2D eigenvalue weighted by atomic mass is 9.62. The van der Waals surface area contributed by atoms with Crippen LogP contribution >= 0.6 is 15.9 Å². The third-order valence-electron chi connectivity index (χ3n) is 5.20. The Labute approximate surface area is 132 Å². The molecule has 2 heteroatoms. The van der Waals surface area contributed by atoms with Crippen LogP contribution in [0.15, 0.2) is 28.7 Å². The molecule has 0 unspecified atom stereocenters. The van der Waals surface area contributed by atoms with E-state index in [-0.39, 0.29) is 0 Å². The lowest BCUT2D eigenvalue weighted by molar-refractivity contribution is 0.0926. The number of halogens is 1. The van der Waals surface area contributed by atoms with Crippen LogP contribution in [0.4, 0.5) is 0 Å². The van der Waals surface area contributed by atoms with Gasteiger partial charge < -0.3 is 5.73 Å². The molecule has 20 heavy (non-hydrogen) atoms. The van der Waals surface area contributed by atoms with Crippen molar-refractivity contribution in [1.82, 2.24) is 0 Å². The molecule has 0 radical (unpaired) electrons. The van der Waals surface area contributed by atoms with Gasteiger partial charge in [0.15, 0.2) is 0 Å². The van der Waals surface area contributed by atoms with Crippen LogP contribution in [0, 0.1) is 16.7 Å². The fourth-order valence-electron chi connectivity index (χ4n) is 3.58. The van der Waals surface area contributed by atoms with E-state index in [9.17, 15) is 0 Å². The maximum atomic E-state index is 6.16. The number of benzene rings is 1. The molecule has 2 N–H and O–H groups in total. The van der Waals surface area contributed by atoms with Crippen LogP contribution in [-0.2, 0) is 6.42 Å². The normalized spacial score (nSPS) is 27.6. The standard InChI is InChI=1S/C18H28BrN/c1-17(2,3)15-8-10-18(13-20,11-9-15)12-14-4-6-16(19)7-5-14/h4-7,15H,8-13,20H2,1-3H3. The molecule has 0 heterocycles. The molecular weight excluding hydrogens is 310 g/mol. The Balaban J connectivity index is 2.03. The molecular formula is C18H28BrN. The molecule has 0 saturated heterocycles. The van der Waals surface area contributed by atoms with E-state index >= 15 is 0 Å². The summed E-state index contributed by atoms with van der Waals surface area (Å²) in [4.78, 5) is 0. The van der Waals surface area contributed by atoms with E-state index in [0.29, 0.717) is 10.8 Å². The highest BCUT2D eigenvalue weighted by molar-refractivity contribution is 9.10. The SMILES string of the molecule is CC(C)(C)C1CCC(CN)(Cc2ccc(Br)cc2)CC1. The van der Waals surface area contributed by atoms with Crippen molar-refractivity contribution in [1.29, 1.82) is 0 Å². The van der Waals surface area contributed by atoms with Crippen molar-refractivity contribution in [2.24, 2.45) is 22.5 Å². The Morgan fingerprint density at radius 3 is 2.15 bits per heavy atom. The second kappa shape index (κ2) is 6.19. The van der Waals surface area contributed by atoms with Gasteiger partial charge in [0.2, 0.25) is 0 Å². The molecule has 0 amide bonds. The summed E-state index contributed by atoms with van der Waals surface area (Å²) >= 11 is 3.51. The zero-order valence-electron chi connectivity index (χ0n) is 13.1. The van der Waals surface area contributed by atoms with E-state index in [1.54, 1.807) is 0 Å². The van der Waals surface area contributed by atoms with Crippen molar-refractivity contribution in [3.63, 3.8) is 0 Å². The highest BCUT2D eigenvalue weighted by atomic mass is 79.9. The summed E-state index contributed by atoms with van der Waals surface area (Å²) in [5.74, 6) is 0.854. The number of hydrogen-bond acceptors (Lipinski definition) is 1. The fourth-order valence-corrected chi connectivity index (χ4v) is 3.85. The minimum absolute atomic E-state index is 0.329. The third-order valence-corrected chi connectivity index (χ3v) is 5.73. The molecule has 1 aliphatic rings. The molecule has 1 aromatic carbocycles. The maximum Gasteiger partial charge on any atom is 0.0175 e. The largest absolute Gasteiger partial charge is 0.330 e. The van der Waals surface area contributed by atoms with E-state index < -0.39 is 0 Å². The van der Waals surface area contributed by atoms with E-state index in [0.717, 1.165) is 23.4 Å². The van der Waals surface area contributed by atoms with Gasteiger partial charge in [0.05, 0.1) is 0 Å². The predicted molar refractivity (Wildman–Crippen MR) is 90.7 cm³/mol. The highest BCUT2D eigenvalue weighted by Gasteiger charge is 2.37. The lowest BCUT2D eigenvalue weighted by Gasteiger charge is -2.44. The first-order valence-electron chi connectivity index (χ1n) is 7.79. The molecule has 1 aliphatic carbocycles. The van der Waals surface area contributed by atoms with Crippen LogP contribution in [0.2, 0.25) is 0 Å². The van der Waals surface area contributed by atoms with E-state index in [4.69, 9.17) is 5.73 Å². The lowest BCUT2D eigenvalue weighted by Crippen LogP contribution is -2.39. The fraction of sp³-hybridized carbons (Fsp3) is 0.667. The molecule has 1 nitrogen and oxygen atoms in total. The van der Waals surface area contributed by atoms with Crippen LogP contribution in [-0.4, -0.2) is 6.54 Å². The van der Waals surface area contributed by atoms with Crippen LogP contribution in [0.5, 0.6) is 0 Å². The molecule has 112 valence electrons. The summed E-state index contributed by atoms with van der Waals surface area (Å²) in [5.41, 5.74) is 8.36. The summed E-state index contributed by atoms with van der Waals surface area (Å²) in [6, 6.07) is 8.75. The summed E-state index contributed by atoms with van der Waals surface area (Å²) in [5, 5.41) is 0. The van der Waals surface area contributed by atoms with Crippen LogP contribution in [0.3, 0.4) is 0 Å². The van der Waals surface area contributed by atoms with Gasteiger partial charge in [-0.1, -0.05) is 48.8 Å². The van der Waals surface area contributed by atoms with Gasteiger partial charge in [-0.05, 0) is 73.1 Å². The van der Waals surface area contributed by atoms with Gasteiger partial charge in [0.1, 0.15) is 0 Å². The van der Waals surface area contributed by atoms with Crippen LogP contribution in [0.25, 0.3) is 0 Å². The molecule has 0 atom stereocenters. The van der Waals surface area contributed by atoms with Gasteiger partial charge in [0, 0.05) is 4.47 Å². The monoisotopic (exact) mass is 337 g/mol. The van der Waals surface area contributed by atoms with Crippen molar-refractivity contribution >= 4 is 15.9 Å². The predicted octanol–water partition coefficient (Wildman–Crippen LogP) is 5.17. The van der Waals surface area contributed by atoms with Gasteiger partial charge in [-0.25, -0.2) is 0 Å². The molecule has 1 aromatic rings. The zero-order valence-corrected chi connectivity index (χ0v) is 14.7. The van der Waals surface area contributed by atoms with Gasteiger partial charge in [-0.2, -0.15) is 0 Å². The Hall–Kier alpha value is -0.340.